The normalized spacial score (nSPS) is 19.1. The zero-order valence-corrected chi connectivity index (χ0v) is 15.3. The van der Waals surface area contributed by atoms with Gasteiger partial charge in [-0.1, -0.05) is 36.0 Å². The van der Waals surface area contributed by atoms with Crippen LogP contribution in [0.4, 0.5) is 11.6 Å². The van der Waals surface area contributed by atoms with Crippen LogP contribution in [-0.2, 0) is 16.1 Å². The molecule has 2 heterocycles. The number of benzene rings is 2. The van der Waals surface area contributed by atoms with Crippen LogP contribution in [0.5, 0.6) is 0 Å². The maximum Gasteiger partial charge on any atom is 0.252 e. The maximum atomic E-state index is 13.0. The van der Waals surface area contributed by atoms with Gasteiger partial charge in [0.2, 0.25) is 11.9 Å². The second-order valence-corrected chi connectivity index (χ2v) is 7.67. The summed E-state index contributed by atoms with van der Waals surface area (Å²) < 4.78 is 0.654. The van der Waals surface area contributed by atoms with Gasteiger partial charge in [0.15, 0.2) is 4.75 Å². The Hall–Kier alpha value is -2.80. The van der Waals surface area contributed by atoms with Crippen LogP contribution < -0.4 is 10.6 Å². The molecule has 1 atom stereocenters. The monoisotopic (exact) mass is 366 g/mol. The number of aromatic nitrogens is 2. The predicted octanol–water partition coefficient (Wildman–Crippen LogP) is 3.50. The molecule has 0 saturated heterocycles. The van der Waals surface area contributed by atoms with E-state index in [9.17, 15) is 9.59 Å². The van der Waals surface area contributed by atoms with E-state index >= 15 is 0 Å². The van der Waals surface area contributed by atoms with E-state index in [-0.39, 0.29) is 11.8 Å². The number of anilines is 2. The molecule has 0 saturated carbocycles. The van der Waals surface area contributed by atoms with E-state index in [2.05, 4.69) is 15.6 Å². The van der Waals surface area contributed by atoms with Crippen molar-refractivity contribution in [2.75, 3.05) is 10.6 Å². The lowest BCUT2D eigenvalue weighted by atomic mass is 10.1. The zero-order valence-electron chi connectivity index (χ0n) is 14.4. The van der Waals surface area contributed by atoms with Crippen molar-refractivity contribution in [1.82, 2.24) is 9.55 Å². The Kier molecular flexibility index (Phi) is 3.96. The van der Waals surface area contributed by atoms with E-state index in [0.29, 0.717) is 12.5 Å². The van der Waals surface area contributed by atoms with Gasteiger partial charge in [0.25, 0.3) is 5.91 Å². The zero-order chi connectivity index (χ0) is 18.3. The molecule has 0 fully saturated rings. The van der Waals surface area contributed by atoms with Crippen LogP contribution in [0.15, 0.2) is 53.4 Å². The third kappa shape index (κ3) is 2.55. The molecule has 4 rings (SSSR count). The Labute approximate surface area is 155 Å². The molecule has 26 heavy (non-hydrogen) atoms. The number of hydrogen-bond donors (Lipinski definition) is 2. The lowest BCUT2D eigenvalue weighted by Gasteiger charge is -2.31. The fourth-order valence-electron chi connectivity index (χ4n) is 3.03. The van der Waals surface area contributed by atoms with Crippen molar-refractivity contribution < 1.29 is 9.59 Å². The van der Waals surface area contributed by atoms with Crippen LogP contribution in [-0.4, -0.2) is 26.1 Å². The Morgan fingerprint density at radius 2 is 1.96 bits per heavy atom. The minimum absolute atomic E-state index is 0.335. The largest absolute Gasteiger partial charge is 0.323 e. The summed E-state index contributed by atoms with van der Waals surface area (Å²) in [5.74, 6) is -0.274. The van der Waals surface area contributed by atoms with Crippen molar-refractivity contribution in [2.24, 2.45) is 0 Å². The van der Waals surface area contributed by atoms with Crippen molar-refractivity contribution in [1.29, 1.82) is 0 Å². The number of para-hydroxylation sites is 3. The summed E-state index contributed by atoms with van der Waals surface area (Å²) in [6.07, 6.45) is 0. The summed E-state index contributed by atoms with van der Waals surface area (Å²) in [6.45, 7) is 4.29. The van der Waals surface area contributed by atoms with Crippen LogP contribution in [0.3, 0.4) is 0 Å². The molecule has 7 heteroatoms. The minimum Gasteiger partial charge on any atom is -0.323 e. The Morgan fingerprint density at radius 1 is 1.23 bits per heavy atom. The highest BCUT2D eigenvalue weighted by Crippen LogP contribution is 2.42. The Bertz CT molecular complexity index is 1030. The molecular weight excluding hydrogens is 348 g/mol. The summed E-state index contributed by atoms with van der Waals surface area (Å²) in [5.41, 5.74) is 2.48. The van der Waals surface area contributed by atoms with Gasteiger partial charge in [-0.2, -0.15) is 0 Å². The molecule has 0 bridgehead atoms. The molecule has 1 aromatic heterocycles. The average Bonchev–Trinajstić information content (AvgIpc) is 2.99. The van der Waals surface area contributed by atoms with Crippen molar-refractivity contribution in [3.05, 3.63) is 48.5 Å². The lowest BCUT2D eigenvalue weighted by molar-refractivity contribution is -0.126. The number of fused-ring (bicyclic) bond motifs is 2. The van der Waals surface area contributed by atoms with Gasteiger partial charge in [-0.05, 0) is 38.1 Å². The summed E-state index contributed by atoms with van der Waals surface area (Å²) >= 11 is 1.25. The van der Waals surface area contributed by atoms with Gasteiger partial charge in [-0.15, -0.1) is 0 Å². The van der Waals surface area contributed by atoms with Crippen LogP contribution >= 0.6 is 11.8 Å². The molecular formula is C19H18N4O2S. The van der Waals surface area contributed by atoms with Crippen molar-refractivity contribution in [3.63, 3.8) is 0 Å². The molecule has 2 aromatic carbocycles. The smallest absolute Gasteiger partial charge is 0.252 e. The number of amides is 2. The number of carbonyl (C=O) groups is 2. The molecule has 0 aliphatic carbocycles. The molecule has 6 nitrogen and oxygen atoms in total. The highest BCUT2D eigenvalue weighted by Gasteiger charge is 2.46. The van der Waals surface area contributed by atoms with Gasteiger partial charge in [-0.3, -0.25) is 14.9 Å². The van der Waals surface area contributed by atoms with E-state index in [1.807, 2.05) is 60.0 Å². The van der Waals surface area contributed by atoms with Gasteiger partial charge < -0.3 is 9.88 Å². The molecule has 0 spiro atoms. The van der Waals surface area contributed by atoms with Crippen molar-refractivity contribution in [2.45, 2.75) is 30.0 Å². The standard InChI is InChI=1S/C19H18N4O2S/c1-3-23-14-10-6-4-8-12(14)21-18(23)22-17(25)19(2)16(24)20-13-9-5-7-11-15(13)26-19/h4-11H,3H2,1-2H3,(H,20,24)(H,21,22,25). The predicted molar refractivity (Wildman–Crippen MR) is 103 cm³/mol. The van der Waals surface area contributed by atoms with E-state index in [4.69, 9.17) is 0 Å². The molecule has 132 valence electrons. The van der Waals surface area contributed by atoms with Crippen LogP contribution in [0.2, 0.25) is 0 Å². The molecule has 1 aliphatic heterocycles. The number of carbonyl (C=O) groups excluding carboxylic acids is 2. The lowest BCUT2D eigenvalue weighted by Crippen LogP contribution is -2.49. The number of rotatable bonds is 3. The maximum absolute atomic E-state index is 13.0. The second kappa shape index (κ2) is 6.17. The molecule has 1 unspecified atom stereocenters. The minimum atomic E-state index is -1.27. The number of imidazole rings is 1. The third-order valence-electron chi connectivity index (χ3n) is 4.51. The van der Waals surface area contributed by atoms with Crippen LogP contribution in [0.1, 0.15) is 13.8 Å². The molecule has 0 radical (unpaired) electrons. The number of nitrogens with zero attached hydrogens (tertiary/aromatic N) is 2. The first kappa shape index (κ1) is 16.7. The summed E-state index contributed by atoms with van der Waals surface area (Å²) in [6, 6.07) is 15.2. The van der Waals surface area contributed by atoms with Crippen LogP contribution in [0, 0.1) is 0 Å². The highest BCUT2D eigenvalue weighted by atomic mass is 32.2. The van der Waals surface area contributed by atoms with E-state index in [1.165, 1.54) is 11.8 Å². The van der Waals surface area contributed by atoms with E-state index < -0.39 is 4.75 Å². The molecule has 2 amide bonds. The van der Waals surface area contributed by atoms with Gasteiger partial charge in [0, 0.05) is 11.4 Å². The number of thioether (sulfide) groups is 1. The quantitative estimate of drug-likeness (QED) is 0.696. The van der Waals surface area contributed by atoms with Crippen molar-refractivity contribution in [3.8, 4) is 0 Å². The number of nitrogens with one attached hydrogen (secondary N) is 2. The molecule has 1 aliphatic rings. The Morgan fingerprint density at radius 3 is 2.77 bits per heavy atom. The Balaban J connectivity index is 1.67. The van der Waals surface area contributed by atoms with E-state index in [1.54, 1.807) is 6.92 Å². The number of aryl methyl sites for hydroxylation is 1. The first-order chi connectivity index (χ1) is 12.5. The van der Waals surface area contributed by atoms with Crippen molar-refractivity contribution >= 4 is 46.2 Å². The molecule has 3 aromatic rings. The SMILES string of the molecule is CCn1c(NC(=O)C2(C)Sc3ccccc3NC2=O)nc2ccccc21. The number of hydrogen-bond acceptors (Lipinski definition) is 4. The van der Waals surface area contributed by atoms with E-state index in [0.717, 1.165) is 21.6 Å². The summed E-state index contributed by atoms with van der Waals surface area (Å²) in [5, 5.41) is 5.68. The fourth-order valence-corrected chi connectivity index (χ4v) is 4.13. The van der Waals surface area contributed by atoms with Crippen LogP contribution in [0.25, 0.3) is 11.0 Å². The average molecular weight is 366 g/mol. The second-order valence-electron chi connectivity index (χ2n) is 6.21. The van der Waals surface area contributed by atoms with Gasteiger partial charge in [0.05, 0.1) is 16.7 Å². The highest BCUT2D eigenvalue weighted by molar-refractivity contribution is 8.02. The first-order valence-corrected chi connectivity index (χ1v) is 9.21. The third-order valence-corrected chi connectivity index (χ3v) is 5.87. The summed E-state index contributed by atoms with van der Waals surface area (Å²) in [7, 11) is 0. The summed E-state index contributed by atoms with van der Waals surface area (Å²) in [4.78, 5) is 31.0. The topological polar surface area (TPSA) is 76.0 Å². The molecule has 2 N–H and O–H groups in total. The first-order valence-electron chi connectivity index (χ1n) is 8.39. The van der Waals surface area contributed by atoms with Gasteiger partial charge >= 0.3 is 0 Å². The van der Waals surface area contributed by atoms with Gasteiger partial charge in [-0.25, -0.2) is 4.98 Å². The fraction of sp³-hybridized carbons (Fsp3) is 0.211. The van der Waals surface area contributed by atoms with Gasteiger partial charge in [0.1, 0.15) is 0 Å².